The van der Waals surface area contributed by atoms with Crippen LogP contribution in [-0.2, 0) is 10.0 Å². The van der Waals surface area contributed by atoms with Crippen LogP contribution in [0.25, 0.3) is 10.7 Å². The van der Waals surface area contributed by atoms with Gasteiger partial charge in [-0.15, -0.1) is 11.3 Å². The molecule has 0 spiro atoms. The van der Waals surface area contributed by atoms with Gasteiger partial charge in [0.2, 0.25) is 0 Å². The molecule has 0 aliphatic heterocycles. The van der Waals surface area contributed by atoms with Gasteiger partial charge >= 0.3 is 0 Å². The quantitative estimate of drug-likeness (QED) is 0.344. The van der Waals surface area contributed by atoms with Gasteiger partial charge in [-0.2, -0.15) is 0 Å². The first-order valence-electron chi connectivity index (χ1n) is 9.22. The van der Waals surface area contributed by atoms with Crippen molar-refractivity contribution >= 4 is 50.2 Å². The minimum absolute atomic E-state index is 0.128. The monoisotopic (exact) mass is 488 g/mol. The van der Waals surface area contributed by atoms with E-state index in [0.717, 1.165) is 4.88 Å². The number of carbonyl (C=O) groups is 1. The lowest BCUT2D eigenvalue weighted by Crippen LogP contribution is -2.16. The Hall–Kier alpha value is -3.34. The number of hydrogen-bond donors (Lipinski definition) is 3. The molecular formula is C21H17ClN4O4S2. The number of amides is 1. The fourth-order valence-corrected chi connectivity index (χ4v) is 4.92. The van der Waals surface area contributed by atoms with Gasteiger partial charge in [0.15, 0.2) is 0 Å². The number of benzene rings is 2. The molecule has 2 heterocycles. The summed E-state index contributed by atoms with van der Waals surface area (Å²) in [4.78, 5) is 20.6. The Morgan fingerprint density at radius 1 is 1.12 bits per heavy atom. The zero-order valence-corrected chi connectivity index (χ0v) is 19.0. The number of imidazole rings is 1. The van der Waals surface area contributed by atoms with Crippen molar-refractivity contribution in [1.82, 2.24) is 9.97 Å². The third-order valence-corrected chi connectivity index (χ3v) is 6.91. The molecule has 1 amide bonds. The van der Waals surface area contributed by atoms with Crippen molar-refractivity contribution in [2.45, 2.75) is 4.90 Å². The summed E-state index contributed by atoms with van der Waals surface area (Å²) in [5.74, 6) is 0.251. The molecule has 0 bridgehead atoms. The first-order valence-corrected chi connectivity index (χ1v) is 12.0. The van der Waals surface area contributed by atoms with E-state index in [1.165, 1.54) is 36.8 Å². The molecule has 4 aromatic rings. The second-order valence-electron chi connectivity index (χ2n) is 6.55. The number of aromatic nitrogens is 2. The van der Waals surface area contributed by atoms with Crippen molar-refractivity contribution in [2.24, 2.45) is 0 Å². The van der Waals surface area contributed by atoms with E-state index in [1.807, 2.05) is 17.5 Å². The number of thiophene rings is 1. The number of sulfonamides is 1. The maximum Gasteiger partial charge on any atom is 0.273 e. The topological polar surface area (TPSA) is 113 Å². The van der Waals surface area contributed by atoms with E-state index in [1.54, 1.807) is 30.3 Å². The van der Waals surface area contributed by atoms with Crippen molar-refractivity contribution in [3.8, 4) is 16.5 Å². The molecule has 0 fully saturated rings. The number of anilines is 2. The Morgan fingerprint density at radius 3 is 2.56 bits per heavy atom. The molecule has 0 aliphatic carbocycles. The number of methoxy groups -OCH3 is 1. The number of rotatable bonds is 7. The lowest BCUT2D eigenvalue weighted by molar-refractivity contribution is 0.102. The number of hydrogen-bond acceptors (Lipinski definition) is 6. The Labute approximate surface area is 193 Å². The van der Waals surface area contributed by atoms with Crippen LogP contribution >= 0.6 is 22.9 Å². The maximum atomic E-state index is 13.0. The summed E-state index contributed by atoms with van der Waals surface area (Å²) >= 11 is 7.35. The first-order chi connectivity index (χ1) is 15.4. The second-order valence-corrected chi connectivity index (χ2v) is 9.59. The average Bonchev–Trinajstić information content (AvgIpc) is 3.47. The Kier molecular flexibility index (Phi) is 6.17. The molecule has 2 aromatic heterocycles. The summed E-state index contributed by atoms with van der Waals surface area (Å²) in [6, 6.07) is 14.3. The normalized spacial score (nSPS) is 11.2. The Bertz CT molecular complexity index is 1350. The van der Waals surface area contributed by atoms with Crippen LogP contribution in [0.5, 0.6) is 5.75 Å². The number of aromatic amines is 1. The van der Waals surface area contributed by atoms with Crippen molar-refractivity contribution in [3.05, 3.63) is 76.9 Å². The summed E-state index contributed by atoms with van der Waals surface area (Å²) < 4.78 is 33.6. The van der Waals surface area contributed by atoms with Crippen LogP contribution in [0, 0.1) is 0 Å². The predicted molar refractivity (Wildman–Crippen MR) is 125 cm³/mol. The van der Waals surface area contributed by atoms with Gasteiger partial charge in [0, 0.05) is 16.4 Å². The van der Waals surface area contributed by atoms with Crippen molar-refractivity contribution in [1.29, 1.82) is 0 Å². The molecule has 0 saturated heterocycles. The van der Waals surface area contributed by atoms with Crippen LogP contribution in [0.1, 0.15) is 10.5 Å². The molecule has 0 unspecified atom stereocenters. The number of H-pyrrole nitrogens is 1. The van der Waals surface area contributed by atoms with Crippen LogP contribution in [-0.4, -0.2) is 31.4 Å². The third kappa shape index (κ3) is 4.77. The zero-order chi connectivity index (χ0) is 22.7. The average molecular weight is 489 g/mol. The van der Waals surface area contributed by atoms with E-state index in [2.05, 4.69) is 20.0 Å². The fraction of sp³-hybridized carbons (Fsp3) is 0.0476. The third-order valence-electron chi connectivity index (χ3n) is 4.38. The highest BCUT2D eigenvalue weighted by atomic mass is 35.5. The van der Waals surface area contributed by atoms with Crippen LogP contribution in [0.15, 0.2) is 71.1 Å². The van der Waals surface area contributed by atoms with E-state index in [-0.39, 0.29) is 22.0 Å². The van der Waals surface area contributed by atoms with Crippen LogP contribution in [0.3, 0.4) is 0 Å². The standard InChI is InChI=1S/C21H17ClN4O4S2/c1-30-17-9-8-15(11-19(17)32(28,29)26-14-6-4-13(22)5-7-14)24-21(27)16-12-23-20(25-16)18-3-2-10-31-18/h2-12,26H,1H3,(H,23,25)(H,24,27). The molecule has 0 atom stereocenters. The summed E-state index contributed by atoms with van der Waals surface area (Å²) in [7, 11) is -2.64. The highest BCUT2D eigenvalue weighted by molar-refractivity contribution is 7.92. The van der Waals surface area contributed by atoms with E-state index in [4.69, 9.17) is 16.3 Å². The van der Waals surface area contributed by atoms with Crippen LogP contribution < -0.4 is 14.8 Å². The minimum Gasteiger partial charge on any atom is -0.495 e. The van der Waals surface area contributed by atoms with Gasteiger partial charge in [-0.05, 0) is 53.9 Å². The number of ether oxygens (including phenoxy) is 1. The zero-order valence-electron chi connectivity index (χ0n) is 16.6. The van der Waals surface area contributed by atoms with Crippen molar-refractivity contribution < 1.29 is 17.9 Å². The van der Waals surface area contributed by atoms with Crippen LogP contribution in [0.2, 0.25) is 5.02 Å². The molecule has 4 rings (SSSR count). The van der Waals surface area contributed by atoms with E-state index < -0.39 is 15.9 Å². The Morgan fingerprint density at radius 2 is 1.88 bits per heavy atom. The van der Waals surface area contributed by atoms with Gasteiger partial charge in [-0.25, -0.2) is 13.4 Å². The highest BCUT2D eigenvalue weighted by Crippen LogP contribution is 2.29. The summed E-state index contributed by atoms with van der Waals surface area (Å²) in [5, 5.41) is 5.07. The number of nitrogens with zero attached hydrogens (tertiary/aromatic N) is 1. The molecule has 11 heteroatoms. The minimum atomic E-state index is -4.01. The lowest BCUT2D eigenvalue weighted by atomic mass is 10.3. The van der Waals surface area contributed by atoms with E-state index >= 15 is 0 Å². The summed E-state index contributed by atoms with van der Waals surface area (Å²) in [6.45, 7) is 0. The molecule has 0 aliphatic rings. The summed E-state index contributed by atoms with van der Waals surface area (Å²) in [6.07, 6.45) is 1.42. The molecule has 0 radical (unpaired) electrons. The summed E-state index contributed by atoms with van der Waals surface area (Å²) in [5.41, 5.74) is 0.858. The second kappa shape index (κ2) is 9.03. The Balaban J connectivity index is 1.57. The maximum absolute atomic E-state index is 13.0. The lowest BCUT2D eigenvalue weighted by Gasteiger charge is -2.13. The SMILES string of the molecule is COc1ccc(NC(=O)c2cnc(-c3cccs3)[nH]2)cc1S(=O)(=O)Nc1ccc(Cl)cc1. The first kappa shape index (κ1) is 21.9. The molecule has 3 N–H and O–H groups in total. The van der Waals surface area contributed by atoms with Gasteiger partial charge in [0.25, 0.3) is 15.9 Å². The van der Waals surface area contributed by atoms with Gasteiger partial charge in [0.1, 0.15) is 22.2 Å². The molecule has 2 aromatic carbocycles. The van der Waals surface area contributed by atoms with Gasteiger partial charge in [-0.3, -0.25) is 9.52 Å². The number of carbonyl (C=O) groups excluding carboxylic acids is 1. The predicted octanol–water partition coefficient (Wildman–Crippen LogP) is 4.85. The molecule has 32 heavy (non-hydrogen) atoms. The molecule has 0 saturated carbocycles. The number of nitrogens with one attached hydrogen (secondary N) is 3. The molecule has 164 valence electrons. The van der Waals surface area contributed by atoms with Gasteiger partial charge in [0.05, 0.1) is 18.2 Å². The van der Waals surface area contributed by atoms with E-state index in [9.17, 15) is 13.2 Å². The largest absolute Gasteiger partial charge is 0.495 e. The smallest absolute Gasteiger partial charge is 0.273 e. The van der Waals surface area contributed by atoms with Gasteiger partial charge < -0.3 is 15.0 Å². The fourth-order valence-electron chi connectivity index (χ4n) is 2.87. The van der Waals surface area contributed by atoms with Gasteiger partial charge in [-0.1, -0.05) is 17.7 Å². The highest BCUT2D eigenvalue weighted by Gasteiger charge is 2.21. The van der Waals surface area contributed by atoms with Crippen molar-refractivity contribution in [3.63, 3.8) is 0 Å². The van der Waals surface area contributed by atoms with E-state index in [0.29, 0.717) is 16.5 Å². The van der Waals surface area contributed by atoms with Crippen LogP contribution in [0.4, 0.5) is 11.4 Å². The molecular weight excluding hydrogens is 472 g/mol. The van der Waals surface area contributed by atoms with Crippen molar-refractivity contribution in [2.75, 3.05) is 17.1 Å². The number of halogens is 1. The molecule has 8 nitrogen and oxygen atoms in total.